The van der Waals surface area contributed by atoms with Crippen molar-refractivity contribution >= 4 is 27.7 Å². The van der Waals surface area contributed by atoms with Gasteiger partial charge >= 0.3 is 0 Å². The summed E-state index contributed by atoms with van der Waals surface area (Å²) in [6, 6.07) is 4.17. The molecule has 1 atom stereocenters. The van der Waals surface area contributed by atoms with Gasteiger partial charge in [-0.15, -0.1) is 0 Å². The number of hydrogen-bond donors (Lipinski definition) is 2. The molecule has 6 heteroatoms. The molecule has 0 radical (unpaired) electrons. The number of methoxy groups -OCH3 is 1. The standard InChI is InChI=1S/C11H13BrN2O3/c1-6(10(13)15)14-11(16)7-3-4-9(17-2)8(12)5-7/h3-6H,1-2H3,(H2,13,15)(H,14,16). The van der Waals surface area contributed by atoms with Gasteiger partial charge in [-0.05, 0) is 41.1 Å². The highest BCUT2D eigenvalue weighted by Gasteiger charge is 2.14. The van der Waals surface area contributed by atoms with E-state index in [-0.39, 0.29) is 5.91 Å². The molecule has 0 fully saturated rings. The lowest BCUT2D eigenvalue weighted by molar-refractivity contribution is -0.119. The predicted molar refractivity (Wildman–Crippen MR) is 66.8 cm³/mol. The third-order valence-corrected chi connectivity index (χ3v) is 2.81. The van der Waals surface area contributed by atoms with Gasteiger partial charge in [-0.3, -0.25) is 9.59 Å². The van der Waals surface area contributed by atoms with Crippen molar-refractivity contribution in [1.29, 1.82) is 0 Å². The molecule has 1 rings (SSSR count). The van der Waals surface area contributed by atoms with E-state index in [1.54, 1.807) is 18.2 Å². The van der Waals surface area contributed by atoms with E-state index in [2.05, 4.69) is 21.2 Å². The summed E-state index contributed by atoms with van der Waals surface area (Å²) < 4.78 is 5.71. The van der Waals surface area contributed by atoms with Gasteiger partial charge in [0.15, 0.2) is 0 Å². The predicted octanol–water partition coefficient (Wildman–Crippen LogP) is 1.06. The van der Waals surface area contributed by atoms with Gasteiger partial charge in [0.2, 0.25) is 5.91 Å². The molecule has 0 aliphatic heterocycles. The number of halogens is 1. The zero-order valence-corrected chi connectivity index (χ0v) is 11.1. The molecule has 17 heavy (non-hydrogen) atoms. The second kappa shape index (κ2) is 5.67. The first-order chi connectivity index (χ1) is 7.95. The average Bonchev–Trinajstić information content (AvgIpc) is 2.28. The van der Waals surface area contributed by atoms with Crippen LogP contribution < -0.4 is 15.8 Å². The largest absolute Gasteiger partial charge is 0.496 e. The van der Waals surface area contributed by atoms with Gasteiger partial charge in [0.1, 0.15) is 11.8 Å². The summed E-state index contributed by atoms with van der Waals surface area (Å²) in [6.45, 7) is 1.53. The summed E-state index contributed by atoms with van der Waals surface area (Å²) >= 11 is 3.27. The highest BCUT2D eigenvalue weighted by atomic mass is 79.9. The molecule has 0 saturated heterocycles. The maximum Gasteiger partial charge on any atom is 0.251 e. The molecule has 0 aliphatic rings. The van der Waals surface area contributed by atoms with Crippen LogP contribution in [0.1, 0.15) is 17.3 Å². The Bertz CT molecular complexity index is 448. The Kier molecular flexibility index (Phi) is 4.51. The Morgan fingerprint density at radius 2 is 2.12 bits per heavy atom. The topological polar surface area (TPSA) is 81.4 Å². The molecule has 0 bridgehead atoms. The molecule has 92 valence electrons. The van der Waals surface area contributed by atoms with E-state index in [0.717, 1.165) is 0 Å². The fourth-order valence-electron chi connectivity index (χ4n) is 1.16. The minimum atomic E-state index is -0.705. The first-order valence-electron chi connectivity index (χ1n) is 4.89. The van der Waals surface area contributed by atoms with Crippen LogP contribution in [0.5, 0.6) is 5.75 Å². The quantitative estimate of drug-likeness (QED) is 0.872. The van der Waals surface area contributed by atoms with Crippen molar-refractivity contribution in [3.63, 3.8) is 0 Å². The molecule has 1 aromatic carbocycles. The number of benzene rings is 1. The number of hydrogen-bond acceptors (Lipinski definition) is 3. The maximum atomic E-state index is 11.7. The zero-order valence-electron chi connectivity index (χ0n) is 9.49. The number of amides is 2. The van der Waals surface area contributed by atoms with Crippen LogP contribution in [0.2, 0.25) is 0 Å². The van der Waals surface area contributed by atoms with E-state index < -0.39 is 11.9 Å². The van der Waals surface area contributed by atoms with Crippen LogP contribution in [0.4, 0.5) is 0 Å². The molecule has 0 spiro atoms. The van der Waals surface area contributed by atoms with Crippen LogP contribution in [0.3, 0.4) is 0 Å². The molecule has 1 unspecified atom stereocenters. The van der Waals surface area contributed by atoms with Gasteiger partial charge < -0.3 is 15.8 Å². The molecule has 0 saturated carbocycles. The lowest BCUT2D eigenvalue weighted by Gasteiger charge is -2.11. The molecule has 5 nitrogen and oxygen atoms in total. The van der Waals surface area contributed by atoms with Gasteiger partial charge in [-0.1, -0.05) is 0 Å². The van der Waals surface area contributed by atoms with Crippen molar-refractivity contribution < 1.29 is 14.3 Å². The molecule has 2 amide bonds. The second-order valence-corrected chi connectivity index (χ2v) is 4.30. The highest BCUT2D eigenvalue weighted by Crippen LogP contribution is 2.25. The van der Waals surface area contributed by atoms with Crippen LogP contribution in [-0.2, 0) is 4.79 Å². The van der Waals surface area contributed by atoms with Crippen LogP contribution in [0.15, 0.2) is 22.7 Å². The second-order valence-electron chi connectivity index (χ2n) is 3.45. The summed E-state index contributed by atoms with van der Waals surface area (Å²) in [5.41, 5.74) is 5.48. The lowest BCUT2D eigenvalue weighted by atomic mass is 10.2. The number of carbonyl (C=O) groups is 2. The van der Waals surface area contributed by atoms with Gasteiger partial charge in [-0.25, -0.2) is 0 Å². The van der Waals surface area contributed by atoms with Crippen molar-refractivity contribution in [2.24, 2.45) is 5.73 Å². The van der Waals surface area contributed by atoms with Crippen LogP contribution in [0, 0.1) is 0 Å². The SMILES string of the molecule is COc1ccc(C(=O)NC(C)C(N)=O)cc1Br. The Balaban J connectivity index is 2.83. The smallest absolute Gasteiger partial charge is 0.251 e. The van der Waals surface area contributed by atoms with Crippen molar-refractivity contribution in [1.82, 2.24) is 5.32 Å². The van der Waals surface area contributed by atoms with Crippen LogP contribution >= 0.6 is 15.9 Å². The van der Waals surface area contributed by atoms with E-state index >= 15 is 0 Å². The number of carbonyl (C=O) groups excluding carboxylic acids is 2. The number of primary amides is 1. The maximum absolute atomic E-state index is 11.7. The molecule has 0 aromatic heterocycles. The van der Waals surface area contributed by atoms with E-state index in [9.17, 15) is 9.59 Å². The summed E-state index contributed by atoms with van der Waals surface area (Å²) in [7, 11) is 1.54. The fourth-order valence-corrected chi connectivity index (χ4v) is 1.70. The molecule has 0 heterocycles. The molecule has 3 N–H and O–H groups in total. The summed E-state index contributed by atoms with van der Waals surface area (Å²) in [5, 5.41) is 2.49. The first-order valence-corrected chi connectivity index (χ1v) is 5.68. The Labute approximate surface area is 107 Å². The number of nitrogens with two attached hydrogens (primary N) is 1. The number of rotatable bonds is 4. The lowest BCUT2D eigenvalue weighted by Crippen LogP contribution is -2.42. The van der Waals surface area contributed by atoms with E-state index in [1.807, 2.05) is 0 Å². The third kappa shape index (κ3) is 3.45. The molecular formula is C11H13BrN2O3. The fraction of sp³-hybridized carbons (Fsp3) is 0.273. The highest BCUT2D eigenvalue weighted by molar-refractivity contribution is 9.10. The van der Waals surface area contributed by atoms with E-state index in [0.29, 0.717) is 15.8 Å². The summed E-state index contributed by atoms with van der Waals surface area (Å²) in [4.78, 5) is 22.5. The molecular weight excluding hydrogens is 288 g/mol. The Hall–Kier alpha value is -1.56. The minimum Gasteiger partial charge on any atom is -0.496 e. The third-order valence-electron chi connectivity index (χ3n) is 2.19. The summed E-state index contributed by atoms with van der Waals surface area (Å²) in [6.07, 6.45) is 0. The van der Waals surface area contributed by atoms with Crippen molar-refractivity contribution in [2.75, 3.05) is 7.11 Å². The van der Waals surface area contributed by atoms with Crippen molar-refractivity contribution in [3.8, 4) is 5.75 Å². The minimum absolute atomic E-state index is 0.361. The monoisotopic (exact) mass is 300 g/mol. The van der Waals surface area contributed by atoms with Crippen LogP contribution in [-0.4, -0.2) is 25.0 Å². The average molecular weight is 301 g/mol. The van der Waals surface area contributed by atoms with Gasteiger partial charge in [0, 0.05) is 5.56 Å². The normalized spacial score (nSPS) is 11.7. The van der Waals surface area contributed by atoms with Crippen molar-refractivity contribution in [2.45, 2.75) is 13.0 Å². The van der Waals surface area contributed by atoms with Crippen LogP contribution in [0.25, 0.3) is 0 Å². The number of nitrogens with one attached hydrogen (secondary N) is 1. The van der Waals surface area contributed by atoms with Gasteiger partial charge in [0.25, 0.3) is 5.91 Å². The van der Waals surface area contributed by atoms with Gasteiger partial charge in [0.05, 0.1) is 11.6 Å². The molecule has 0 aliphatic carbocycles. The zero-order chi connectivity index (χ0) is 13.0. The first kappa shape index (κ1) is 13.5. The van der Waals surface area contributed by atoms with Crippen molar-refractivity contribution in [3.05, 3.63) is 28.2 Å². The Morgan fingerprint density at radius 1 is 1.47 bits per heavy atom. The van der Waals surface area contributed by atoms with E-state index in [1.165, 1.54) is 14.0 Å². The Morgan fingerprint density at radius 3 is 2.59 bits per heavy atom. The number of ether oxygens (including phenoxy) is 1. The summed E-state index contributed by atoms with van der Waals surface area (Å²) in [5.74, 6) is -0.310. The molecule has 1 aromatic rings. The van der Waals surface area contributed by atoms with Gasteiger partial charge in [-0.2, -0.15) is 0 Å². The van der Waals surface area contributed by atoms with E-state index in [4.69, 9.17) is 10.5 Å².